The van der Waals surface area contributed by atoms with E-state index in [4.69, 9.17) is 10.6 Å². The predicted octanol–water partition coefficient (Wildman–Crippen LogP) is -0.152. The van der Waals surface area contributed by atoms with Crippen molar-refractivity contribution in [2.45, 2.75) is 18.6 Å². The van der Waals surface area contributed by atoms with Crippen molar-refractivity contribution < 1.29 is 4.74 Å². The first-order valence-electron chi connectivity index (χ1n) is 5.43. The summed E-state index contributed by atoms with van der Waals surface area (Å²) in [7, 11) is 2.11. The molecule has 1 aliphatic heterocycles. The average molecular weight is 242 g/mol. The molecule has 2 unspecified atom stereocenters. The normalized spacial score (nSPS) is 24.5. The van der Waals surface area contributed by atoms with Crippen LogP contribution in [0.5, 0.6) is 0 Å². The second-order valence-electron chi connectivity index (χ2n) is 4.12. The van der Waals surface area contributed by atoms with Crippen molar-refractivity contribution in [2.24, 2.45) is 5.84 Å². The van der Waals surface area contributed by atoms with Gasteiger partial charge in [0.05, 0.1) is 24.3 Å². The number of hydrogen-bond donors (Lipinski definition) is 2. The number of nitrogens with two attached hydrogens (primary N) is 1. The van der Waals surface area contributed by atoms with Gasteiger partial charge < -0.3 is 9.64 Å². The summed E-state index contributed by atoms with van der Waals surface area (Å²) in [5.74, 6) is 5.60. The van der Waals surface area contributed by atoms with Gasteiger partial charge in [-0.15, -0.1) is 11.3 Å². The Balaban J connectivity index is 1.93. The standard InChI is InChI=1S/C10H18N4OS/c1-14-2-3-15-10(6-14)9(13-11)4-8-5-12-7-16-8/h5,7,9-10,13H,2-4,6,11H2,1H3. The Labute approximate surface area is 99.6 Å². The molecule has 1 saturated heterocycles. The Morgan fingerprint density at radius 3 is 3.31 bits per heavy atom. The van der Waals surface area contributed by atoms with Crippen molar-refractivity contribution >= 4 is 11.3 Å². The molecular weight excluding hydrogens is 224 g/mol. The van der Waals surface area contributed by atoms with Crippen LogP contribution >= 0.6 is 11.3 Å². The summed E-state index contributed by atoms with van der Waals surface area (Å²) >= 11 is 1.66. The third-order valence-corrected chi connectivity index (χ3v) is 3.67. The van der Waals surface area contributed by atoms with Gasteiger partial charge in [-0.3, -0.25) is 16.3 Å². The molecule has 0 aromatic carbocycles. The van der Waals surface area contributed by atoms with E-state index in [1.165, 1.54) is 4.88 Å². The van der Waals surface area contributed by atoms with Crippen LogP contribution < -0.4 is 11.3 Å². The van der Waals surface area contributed by atoms with Gasteiger partial charge in [-0.1, -0.05) is 0 Å². The van der Waals surface area contributed by atoms with Crippen molar-refractivity contribution in [1.29, 1.82) is 0 Å². The summed E-state index contributed by atoms with van der Waals surface area (Å²) < 4.78 is 5.75. The first kappa shape index (κ1) is 11.9. The number of ether oxygens (including phenoxy) is 1. The number of aromatic nitrogens is 1. The molecule has 1 aromatic heterocycles. The fourth-order valence-corrected chi connectivity index (χ4v) is 2.57. The highest BCUT2D eigenvalue weighted by atomic mass is 32.1. The first-order chi connectivity index (χ1) is 7.79. The second kappa shape index (κ2) is 5.70. The molecule has 2 atom stereocenters. The molecule has 3 N–H and O–H groups in total. The fraction of sp³-hybridized carbons (Fsp3) is 0.700. The van der Waals surface area contributed by atoms with Crippen molar-refractivity contribution in [1.82, 2.24) is 15.3 Å². The molecule has 1 aliphatic rings. The Morgan fingerprint density at radius 2 is 2.69 bits per heavy atom. The van der Waals surface area contributed by atoms with Crippen LogP contribution in [-0.2, 0) is 11.2 Å². The lowest BCUT2D eigenvalue weighted by Gasteiger charge is -2.34. The predicted molar refractivity (Wildman–Crippen MR) is 64.2 cm³/mol. The topological polar surface area (TPSA) is 63.4 Å². The molecule has 90 valence electrons. The lowest BCUT2D eigenvalue weighted by atomic mass is 10.1. The van der Waals surface area contributed by atoms with Gasteiger partial charge in [-0.2, -0.15) is 0 Å². The highest BCUT2D eigenvalue weighted by molar-refractivity contribution is 7.09. The molecule has 0 spiro atoms. The van der Waals surface area contributed by atoms with E-state index in [1.807, 2.05) is 11.7 Å². The molecule has 2 heterocycles. The number of likely N-dealkylation sites (N-methyl/N-ethyl adjacent to an activating group) is 1. The van der Waals surface area contributed by atoms with Crippen LogP contribution in [0.15, 0.2) is 11.7 Å². The van der Waals surface area contributed by atoms with Gasteiger partial charge in [0.2, 0.25) is 0 Å². The van der Waals surface area contributed by atoms with Crippen LogP contribution in [0, 0.1) is 0 Å². The van der Waals surface area contributed by atoms with E-state index in [2.05, 4.69) is 22.4 Å². The number of morpholine rings is 1. The van der Waals surface area contributed by atoms with Gasteiger partial charge in [0, 0.05) is 30.6 Å². The second-order valence-corrected chi connectivity index (χ2v) is 5.09. The molecule has 2 rings (SSSR count). The minimum Gasteiger partial charge on any atom is -0.374 e. The summed E-state index contributed by atoms with van der Waals surface area (Å²) in [5, 5.41) is 0. The van der Waals surface area contributed by atoms with Crippen molar-refractivity contribution in [3.05, 3.63) is 16.6 Å². The molecule has 5 nitrogen and oxygen atoms in total. The van der Waals surface area contributed by atoms with E-state index in [1.54, 1.807) is 11.3 Å². The van der Waals surface area contributed by atoms with Crippen LogP contribution in [0.3, 0.4) is 0 Å². The van der Waals surface area contributed by atoms with Crippen molar-refractivity contribution in [2.75, 3.05) is 26.7 Å². The molecule has 0 bridgehead atoms. The molecule has 0 radical (unpaired) electrons. The minimum atomic E-state index is 0.156. The van der Waals surface area contributed by atoms with Gasteiger partial charge >= 0.3 is 0 Å². The van der Waals surface area contributed by atoms with E-state index in [9.17, 15) is 0 Å². The Morgan fingerprint density at radius 1 is 1.81 bits per heavy atom. The van der Waals surface area contributed by atoms with Crippen LogP contribution in [0.2, 0.25) is 0 Å². The Hall–Kier alpha value is -0.530. The van der Waals surface area contributed by atoms with Gasteiger partial charge in [0.25, 0.3) is 0 Å². The van der Waals surface area contributed by atoms with Crippen LogP contribution in [0.25, 0.3) is 0 Å². The van der Waals surface area contributed by atoms with E-state index in [0.717, 1.165) is 26.1 Å². The third-order valence-electron chi connectivity index (χ3n) is 2.86. The van der Waals surface area contributed by atoms with Gasteiger partial charge in [-0.05, 0) is 7.05 Å². The lowest BCUT2D eigenvalue weighted by Crippen LogP contribution is -2.53. The number of hydrogen-bond acceptors (Lipinski definition) is 6. The monoisotopic (exact) mass is 242 g/mol. The van der Waals surface area contributed by atoms with Crippen LogP contribution in [0.1, 0.15) is 4.88 Å². The number of rotatable bonds is 4. The molecule has 0 aliphatic carbocycles. The first-order valence-corrected chi connectivity index (χ1v) is 6.31. The fourth-order valence-electron chi connectivity index (χ4n) is 1.91. The summed E-state index contributed by atoms with van der Waals surface area (Å²) in [4.78, 5) is 7.57. The smallest absolute Gasteiger partial charge is 0.0872 e. The quantitative estimate of drug-likeness (QED) is 0.568. The summed E-state index contributed by atoms with van der Waals surface area (Å²) in [6, 6.07) is 0.156. The SMILES string of the molecule is CN1CCOC(C(Cc2cncs2)NN)C1. The maximum atomic E-state index is 5.75. The maximum Gasteiger partial charge on any atom is 0.0872 e. The molecule has 0 saturated carbocycles. The zero-order valence-electron chi connectivity index (χ0n) is 9.43. The summed E-state index contributed by atoms with van der Waals surface area (Å²) in [6.45, 7) is 2.70. The highest BCUT2D eigenvalue weighted by Gasteiger charge is 2.26. The molecule has 1 fully saturated rings. The number of thiazole rings is 1. The maximum absolute atomic E-state index is 5.75. The highest BCUT2D eigenvalue weighted by Crippen LogP contribution is 2.14. The molecule has 0 amide bonds. The molecule has 1 aromatic rings. The number of nitrogens with one attached hydrogen (secondary N) is 1. The molecule has 6 heteroatoms. The molecular formula is C10H18N4OS. The van der Waals surface area contributed by atoms with E-state index in [-0.39, 0.29) is 12.1 Å². The van der Waals surface area contributed by atoms with E-state index < -0.39 is 0 Å². The largest absolute Gasteiger partial charge is 0.374 e. The van der Waals surface area contributed by atoms with Crippen LogP contribution in [-0.4, -0.2) is 48.8 Å². The van der Waals surface area contributed by atoms with Gasteiger partial charge in [0.1, 0.15) is 0 Å². The zero-order valence-corrected chi connectivity index (χ0v) is 10.2. The van der Waals surface area contributed by atoms with Gasteiger partial charge in [-0.25, -0.2) is 0 Å². The molecule has 16 heavy (non-hydrogen) atoms. The van der Waals surface area contributed by atoms with E-state index >= 15 is 0 Å². The zero-order chi connectivity index (χ0) is 11.4. The third kappa shape index (κ3) is 2.99. The Bertz CT molecular complexity index is 306. The van der Waals surface area contributed by atoms with Crippen molar-refractivity contribution in [3.63, 3.8) is 0 Å². The van der Waals surface area contributed by atoms with E-state index in [0.29, 0.717) is 0 Å². The number of hydrazine groups is 1. The summed E-state index contributed by atoms with van der Waals surface area (Å²) in [5.41, 5.74) is 4.70. The van der Waals surface area contributed by atoms with Crippen LogP contribution in [0.4, 0.5) is 0 Å². The Kier molecular flexibility index (Phi) is 4.25. The minimum absolute atomic E-state index is 0.156. The lowest BCUT2D eigenvalue weighted by molar-refractivity contribution is -0.0383. The van der Waals surface area contributed by atoms with Gasteiger partial charge in [0.15, 0.2) is 0 Å². The van der Waals surface area contributed by atoms with Crippen molar-refractivity contribution in [3.8, 4) is 0 Å². The number of nitrogens with zero attached hydrogens (tertiary/aromatic N) is 2. The average Bonchev–Trinajstić information content (AvgIpc) is 2.78. The summed E-state index contributed by atoms with van der Waals surface area (Å²) in [6.07, 6.45) is 2.92.